The van der Waals surface area contributed by atoms with Crippen molar-refractivity contribution in [3.63, 3.8) is 0 Å². The summed E-state index contributed by atoms with van der Waals surface area (Å²) < 4.78 is 26.2. The Balaban J connectivity index is 0.000000116. The van der Waals surface area contributed by atoms with Crippen molar-refractivity contribution in [3.8, 4) is 85.8 Å². The van der Waals surface area contributed by atoms with Crippen molar-refractivity contribution >= 4 is 153 Å². The van der Waals surface area contributed by atoms with E-state index in [0.29, 0.717) is 40.9 Å². The van der Waals surface area contributed by atoms with Crippen molar-refractivity contribution < 1.29 is 13.3 Å². The fraction of sp³-hybridized carbons (Fsp3) is 0. The smallest absolute Gasteiger partial charge is 0.235 e. The maximum Gasteiger partial charge on any atom is 0.235 e. The molecule has 15 heteroatoms. The van der Waals surface area contributed by atoms with Gasteiger partial charge in [0.1, 0.15) is 39.3 Å². The molecule has 0 unspecified atom stereocenters. The van der Waals surface area contributed by atoms with E-state index < -0.39 is 0 Å². The second kappa shape index (κ2) is 28.5. The van der Waals surface area contributed by atoms with Crippen LogP contribution in [0.5, 0.6) is 0 Å². The Labute approximate surface area is 694 Å². The quantitative estimate of drug-likeness (QED) is 0.134. The molecule has 10 aromatic heterocycles. The molecule has 26 aromatic rings. The number of rotatable bonds is 9. The van der Waals surface area contributed by atoms with Gasteiger partial charge in [0.05, 0.1) is 54.8 Å². The molecular formula is C107H64N12O3. The molecule has 122 heavy (non-hydrogen) atoms. The zero-order valence-corrected chi connectivity index (χ0v) is 65.0. The molecule has 0 spiro atoms. The Hall–Kier alpha value is -16.9. The van der Waals surface area contributed by atoms with Gasteiger partial charge in [-0.2, -0.15) is 0 Å². The summed E-state index contributed by atoms with van der Waals surface area (Å²) in [6, 6.07) is 128. The topological polar surface area (TPSA) is 170 Å². The molecule has 0 N–H and O–H groups in total. The number of pyridine rings is 1. The molecule has 570 valence electrons. The van der Waals surface area contributed by atoms with Crippen LogP contribution in [-0.2, 0) is 0 Å². The minimum atomic E-state index is 0.516. The van der Waals surface area contributed by atoms with Crippen molar-refractivity contribution in [1.29, 1.82) is 0 Å². The molecule has 0 amide bonds. The molecule has 0 bridgehead atoms. The second-order valence-electron chi connectivity index (χ2n) is 30.3. The maximum absolute atomic E-state index is 6.71. The second-order valence-corrected chi connectivity index (χ2v) is 30.3. The Morgan fingerprint density at radius 1 is 0.197 bits per heavy atom. The van der Waals surface area contributed by atoms with Gasteiger partial charge in [-0.3, -0.25) is 9.13 Å². The van der Waals surface area contributed by atoms with Crippen LogP contribution in [0.25, 0.3) is 239 Å². The average Bonchev–Trinajstić information content (AvgIpc) is 1.57. The molecule has 15 nitrogen and oxygen atoms in total. The van der Waals surface area contributed by atoms with Gasteiger partial charge < -0.3 is 17.8 Å². The lowest BCUT2D eigenvalue weighted by molar-refractivity contribution is 0.663. The van der Waals surface area contributed by atoms with Crippen LogP contribution < -0.4 is 0 Å². The Bertz CT molecular complexity index is 8150. The van der Waals surface area contributed by atoms with Gasteiger partial charge in [0.25, 0.3) is 0 Å². The van der Waals surface area contributed by atoms with Crippen LogP contribution in [0.1, 0.15) is 0 Å². The van der Waals surface area contributed by atoms with Gasteiger partial charge >= 0.3 is 0 Å². The summed E-state index contributed by atoms with van der Waals surface area (Å²) in [7, 11) is 0. The monoisotopic (exact) mass is 1560 g/mol. The van der Waals surface area contributed by atoms with Crippen molar-refractivity contribution in [2.24, 2.45) is 0 Å². The largest absolute Gasteiger partial charge is 0.456 e. The highest BCUT2D eigenvalue weighted by Crippen LogP contribution is 2.46. The third kappa shape index (κ3) is 11.6. The van der Waals surface area contributed by atoms with E-state index in [1.165, 1.54) is 21.5 Å². The summed E-state index contributed by atoms with van der Waals surface area (Å²) in [5, 5.41) is 16.8. The van der Waals surface area contributed by atoms with Crippen molar-refractivity contribution in [3.05, 3.63) is 389 Å². The molecule has 0 aliphatic carbocycles. The van der Waals surface area contributed by atoms with Gasteiger partial charge in [0, 0.05) is 94.6 Å². The highest BCUT2D eigenvalue weighted by atomic mass is 16.3. The first kappa shape index (κ1) is 69.4. The Kier molecular flexibility index (Phi) is 16.2. The first-order chi connectivity index (χ1) is 60.5. The Morgan fingerprint density at radius 2 is 0.508 bits per heavy atom. The predicted molar refractivity (Wildman–Crippen MR) is 492 cm³/mol. The van der Waals surface area contributed by atoms with E-state index in [1.807, 2.05) is 213 Å². The molecule has 0 fully saturated rings. The van der Waals surface area contributed by atoms with Gasteiger partial charge in [0.2, 0.25) is 5.95 Å². The molecule has 0 atom stereocenters. The fourth-order valence-corrected chi connectivity index (χ4v) is 17.7. The summed E-state index contributed by atoms with van der Waals surface area (Å²) >= 11 is 0. The molecule has 10 heterocycles. The highest BCUT2D eigenvalue weighted by molar-refractivity contribution is 6.29. The molecule has 0 aliphatic rings. The molecule has 26 rings (SSSR count). The van der Waals surface area contributed by atoms with Crippen molar-refractivity contribution in [2.75, 3.05) is 0 Å². The lowest BCUT2D eigenvalue weighted by Gasteiger charge is -2.15. The molecule has 16 aromatic carbocycles. The first-order valence-corrected chi connectivity index (χ1v) is 40.5. The highest BCUT2D eigenvalue weighted by Gasteiger charge is 2.26. The first-order valence-electron chi connectivity index (χ1n) is 40.5. The normalized spacial score (nSPS) is 11.8. The summed E-state index contributed by atoms with van der Waals surface area (Å²) in [5.74, 6) is 4.90. The van der Waals surface area contributed by atoms with Crippen LogP contribution in [-0.4, -0.2) is 58.6 Å². The Morgan fingerprint density at radius 3 is 0.951 bits per heavy atom. The van der Waals surface area contributed by atoms with Crippen LogP contribution in [0.3, 0.4) is 0 Å². The number of benzene rings is 16. The zero-order valence-electron chi connectivity index (χ0n) is 65.0. The number of fused-ring (bicyclic) bond motifs is 8. The number of aromatic nitrogens is 12. The predicted octanol–water partition coefficient (Wildman–Crippen LogP) is 26.9. The molecular weight excluding hydrogens is 1500 g/mol. The minimum absolute atomic E-state index is 0.516. The van der Waals surface area contributed by atoms with Gasteiger partial charge in [-0.25, -0.2) is 44.9 Å². The van der Waals surface area contributed by atoms with Crippen molar-refractivity contribution in [2.45, 2.75) is 0 Å². The summed E-state index contributed by atoms with van der Waals surface area (Å²) in [5.41, 5.74) is 18.4. The number of hydrogen-bond acceptors (Lipinski definition) is 12. The fourth-order valence-electron chi connectivity index (χ4n) is 17.7. The van der Waals surface area contributed by atoms with E-state index in [9.17, 15) is 0 Å². The van der Waals surface area contributed by atoms with Crippen LogP contribution in [0.15, 0.2) is 402 Å². The van der Waals surface area contributed by atoms with Gasteiger partial charge in [-0.05, 0) is 125 Å². The molecule has 0 radical (unpaired) electrons. The lowest BCUT2D eigenvalue weighted by atomic mass is 10.1. The summed E-state index contributed by atoms with van der Waals surface area (Å²) in [6.45, 7) is 0. The average molecular weight is 1570 g/mol. The minimum Gasteiger partial charge on any atom is -0.456 e. The molecule has 0 saturated carbocycles. The lowest BCUT2D eigenvalue weighted by Crippen LogP contribution is -2.03. The van der Waals surface area contributed by atoms with Gasteiger partial charge in [-0.15, -0.1) is 0 Å². The van der Waals surface area contributed by atoms with E-state index in [-0.39, 0.29) is 0 Å². The van der Waals surface area contributed by atoms with E-state index in [0.717, 1.165) is 176 Å². The summed E-state index contributed by atoms with van der Waals surface area (Å²) in [4.78, 5) is 45.1. The third-order valence-electron chi connectivity index (χ3n) is 23.1. The molecule has 0 aliphatic heterocycles. The number of nitrogens with zero attached hydrogens (tertiary/aromatic N) is 12. The number of hydrogen-bond donors (Lipinski definition) is 0. The van der Waals surface area contributed by atoms with E-state index in [1.54, 1.807) is 0 Å². The van der Waals surface area contributed by atoms with Gasteiger partial charge in [-0.1, -0.05) is 273 Å². The van der Waals surface area contributed by atoms with Crippen LogP contribution in [0.2, 0.25) is 0 Å². The van der Waals surface area contributed by atoms with E-state index in [4.69, 9.17) is 58.1 Å². The standard InChI is InChI=1S/C54H33N7O.C27H16N2O.C26H15N3O/c1-5-17-34(18-6-1)49-55-50(35-19-7-2-8-20-35)58-53(57-49)38-31-39(54-59-51(36-21-9-3-10-22-36)56-52(60-54)37-23-11-4-12-24-37)33-40(32-38)61-43-27-15-26-42-41-25-13-14-29-45(41)62-46-30-16-28-44(61)48(46)47(42)43;1-2-8-18-16-28-25(15-17(18)7-1)29-21-11-5-10-20-19-9-3-4-13-23(19)30-24-14-6-12-22(29)27(24)26(20)21;1-3-10-19-16(7-1)15-27-26(28-19)29-20-11-5-9-18-17-8-2-4-13-22(17)30-23-14-6-12-21(29)25(23)24(18)20/h1-33H;1-16H;1-15H. The van der Waals surface area contributed by atoms with Crippen LogP contribution in [0, 0.1) is 0 Å². The number of para-hydroxylation sites is 4. The van der Waals surface area contributed by atoms with Crippen LogP contribution >= 0.6 is 0 Å². The zero-order chi connectivity index (χ0) is 80.3. The van der Waals surface area contributed by atoms with E-state index >= 15 is 0 Å². The SMILES string of the molecule is c1ccc(-c2nc(-c3ccccc3)nc(-c3cc(-c4nc(-c5ccccc5)nc(-c5ccccc5)n4)cc(-n4c5cccc6oc7ccccc7c7cccc4c7c65)c3)n2)cc1.c1ccc2cc(-n3c4cccc5oc6ccccc6c6cccc3c6c54)ncc2c1.c1ccc2nc(-n3c4cccc5oc6ccccc6c6cccc3c6c54)ncc2c1. The van der Waals surface area contributed by atoms with Crippen LogP contribution in [0.4, 0.5) is 0 Å². The molecule has 0 saturated heterocycles. The maximum atomic E-state index is 6.71. The van der Waals surface area contributed by atoms with Crippen molar-refractivity contribution in [1.82, 2.24) is 58.6 Å². The third-order valence-corrected chi connectivity index (χ3v) is 23.1. The van der Waals surface area contributed by atoms with E-state index in [2.05, 4.69) is 190 Å². The summed E-state index contributed by atoms with van der Waals surface area (Å²) in [6.07, 6.45) is 3.84. The van der Waals surface area contributed by atoms with Gasteiger partial charge in [0.15, 0.2) is 34.9 Å².